The van der Waals surface area contributed by atoms with Crippen LogP contribution in [0.3, 0.4) is 0 Å². The van der Waals surface area contributed by atoms with E-state index in [1.165, 1.54) is 0 Å². The van der Waals surface area contributed by atoms with Crippen molar-refractivity contribution in [1.82, 2.24) is 0 Å². The zero-order chi connectivity index (χ0) is 18.7. The van der Waals surface area contributed by atoms with Crippen LogP contribution in [0.2, 0.25) is 0 Å². The van der Waals surface area contributed by atoms with Gasteiger partial charge in [0.1, 0.15) is 27.3 Å². The normalized spacial score (nSPS) is 38.0. The number of benzene rings is 2. The summed E-state index contributed by atoms with van der Waals surface area (Å²) >= 11 is 2.29. The molecule has 4 N–H and O–H groups in total. The summed E-state index contributed by atoms with van der Waals surface area (Å²) in [6.07, 6.45) is -1.95. The maximum atomic E-state index is 11.3. The third-order valence-electron chi connectivity index (χ3n) is 6.63. The van der Waals surface area contributed by atoms with Gasteiger partial charge >= 0.3 is 0 Å². The van der Waals surface area contributed by atoms with Crippen LogP contribution in [0.1, 0.15) is 17.0 Å². The van der Waals surface area contributed by atoms with E-state index in [2.05, 4.69) is 22.6 Å². The lowest BCUT2D eigenvalue weighted by atomic mass is 9.73. The fraction of sp³-hybridized carbons (Fsp3) is 0.300. The summed E-state index contributed by atoms with van der Waals surface area (Å²) in [6, 6.07) is 15.1. The van der Waals surface area contributed by atoms with Crippen LogP contribution in [0, 0.1) is 10.8 Å². The molecule has 4 aliphatic heterocycles. The summed E-state index contributed by atoms with van der Waals surface area (Å²) < 4.78 is -0.737. The van der Waals surface area contributed by atoms with Gasteiger partial charge in [0.25, 0.3) is 0 Å². The minimum Gasteiger partial charge on any atom is -0.384 e. The average Bonchev–Trinajstić information content (AvgIpc) is 3.16. The minimum absolute atomic E-state index is 0.165. The van der Waals surface area contributed by atoms with Gasteiger partial charge in [-0.25, -0.2) is 0 Å². The molecule has 0 bridgehead atoms. The fourth-order valence-corrected chi connectivity index (χ4v) is 7.01. The molecule has 7 heteroatoms. The molecule has 6 nitrogen and oxygen atoms in total. The van der Waals surface area contributed by atoms with Crippen molar-refractivity contribution in [2.45, 2.75) is 33.6 Å². The standard InChI is InChI=1S/C20H17IN4O2/c21-20-10-6-2-4-8-12(10)25-16(20)14-13(15(26)18(25)22)9-5-1-3-7-11(9)24(14)19(23)17(20)27/h1-8,13-17,22-23,26-27H. The van der Waals surface area contributed by atoms with Gasteiger partial charge in [0.15, 0.2) is 0 Å². The van der Waals surface area contributed by atoms with E-state index in [1.54, 1.807) is 0 Å². The van der Waals surface area contributed by atoms with E-state index in [-0.39, 0.29) is 29.7 Å². The van der Waals surface area contributed by atoms with Crippen molar-refractivity contribution in [3.63, 3.8) is 0 Å². The molecule has 6 rings (SSSR count). The molecule has 0 spiro atoms. The Labute approximate surface area is 169 Å². The molecule has 4 aliphatic rings. The van der Waals surface area contributed by atoms with Crippen LogP contribution in [-0.2, 0) is 3.42 Å². The van der Waals surface area contributed by atoms with E-state index in [0.717, 1.165) is 22.5 Å². The van der Waals surface area contributed by atoms with Gasteiger partial charge < -0.3 is 20.0 Å². The van der Waals surface area contributed by atoms with E-state index in [4.69, 9.17) is 10.8 Å². The first-order valence-corrected chi connectivity index (χ1v) is 10.0. The molecule has 4 heterocycles. The van der Waals surface area contributed by atoms with Crippen LogP contribution in [0.15, 0.2) is 48.5 Å². The summed E-state index contributed by atoms with van der Waals surface area (Å²) in [7, 11) is 0. The molecule has 136 valence electrons. The van der Waals surface area contributed by atoms with Crippen LogP contribution in [-0.4, -0.2) is 46.2 Å². The number of rotatable bonds is 0. The Kier molecular flexibility index (Phi) is 2.91. The first-order chi connectivity index (χ1) is 13.0. The number of halogens is 1. The highest BCUT2D eigenvalue weighted by molar-refractivity contribution is 14.1. The summed E-state index contributed by atoms with van der Waals surface area (Å²) in [5.74, 6) is 0.0497. The molecule has 0 radical (unpaired) electrons. The van der Waals surface area contributed by atoms with E-state index in [9.17, 15) is 10.2 Å². The van der Waals surface area contributed by atoms with Crippen LogP contribution in [0.25, 0.3) is 0 Å². The van der Waals surface area contributed by atoms with Gasteiger partial charge in [-0.2, -0.15) is 0 Å². The maximum absolute atomic E-state index is 11.3. The summed E-state index contributed by atoms with van der Waals surface area (Å²) in [5, 5.41) is 39.9. The summed E-state index contributed by atoms with van der Waals surface area (Å²) in [5.41, 5.74) is 3.60. The highest BCUT2D eigenvalue weighted by atomic mass is 127. The van der Waals surface area contributed by atoms with E-state index < -0.39 is 15.6 Å². The van der Waals surface area contributed by atoms with Crippen molar-refractivity contribution in [1.29, 1.82) is 10.8 Å². The maximum Gasteiger partial charge on any atom is 0.132 e. The smallest absolute Gasteiger partial charge is 0.132 e. The van der Waals surface area contributed by atoms with E-state index >= 15 is 0 Å². The number of hydrogen-bond acceptors (Lipinski definition) is 4. The van der Waals surface area contributed by atoms with Gasteiger partial charge in [0.05, 0.1) is 12.1 Å². The summed E-state index contributed by atoms with van der Waals surface area (Å²) in [6.45, 7) is 0. The van der Waals surface area contributed by atoms with Crippen molar-refractivity contribution >= 4 is 45.6 Å². The van der Waals surface area contributed by atoms with Crippen molar-refractivity contribution in [3.8, 4) is 0 Å². The van der Waals surface area contributed by atoms with Crippen molar-refractivity contribution in [2.24, 2.45) is 0 Å². The third-order valence-corrected chi connectivity index (χ3v) is 8.44. The largest absolute Gasteiger partial charge is 0.384 e. The molecule has 6 unspecified atom stereocenters. The molecule has 2 aromatic rings. The number of para-hydroxylation sites is 2. The molecule has 6 atom stereocenters. The van der Waals surface area contributed by atoms with Crippen molar-refractivity contribution in [2.75, 3.05) is 9.80 Å². The molecule has 2 saturated heterocycles. The SMILES string of the molecule is N=C1C(O)C2(I)c3ccccc3N3C(=N)C(O)C4c5ccccc5N1C4C32. The zero-order valence-corrected chi connectivity index (χ0v) is 16.3. The molecule has 2 aromatic carbocycles. The minimum atomic E-state index is -1.000. The van der Waals surface area contributed by atoms with Crippen LogP contribution in [0.5, 0.6) is 0 Å². The molecule has 2 fully saturated rings. The second kappa shape index (κ2) is 4.89. The Bertz CT molecular complexity index is 1040. The highest BCUT2D eigenvalue weighted by Crippen LogP contribution is 2.63. The number of aliphatic hydroxyl groups excluding tert-OH is 2. The topological polar surface area (TPSA) is 94.6 Å². The van der Waals surface area contributed by atoms with Gasteiger partial charge in [0, 0.05) is 17.3 Å². The second-order valence-electron chi connectivity index (χ2n) is 7.66. The Balaban J connectivity index is 1.69. The van der Waals surface area contributed by atoms with Gasteiger partial charge in [-0.05, 0) is 23.3 Å². The number of aliphatic hydroxyl groups is 2. The number of amidine groups is 2. The van der Waals surface area contributed by atoms with Gasteiger partial charge in [0.2, 0.25) is 0 Å². The van der Waals surface area contributed by atoms with Crippen molar-refractivity contribution in [3.05, 3.63) is 59.7 Å². The molecule has 0 amide bonds. The molecule has 0 aromatic heterocycles. The number of nitrogens with zero attached hydrogens (tertiary/aromatic N) is 2. The first-order valence-electron chi connectivity index (χ1n) is 8.96. The zero-order valence-electron chi connectivity index (χ0n) is 14.2. The van der Waals surface area contributed by atoms with E-state index in [0.29, 0.717) is 0 Å². The third kappa shape index (κ3) is 1.58. The molecular weight excluding hydrogens is 455 g/mol. The highest BCUT2D eigenvalue weighted by Gasteiger charge is 2.70. The Morgan fingerprint density at radius 3 is 2.33 bits per heavy atom. The fourth-order valence-electron chi connectivity index (χ4n) is 5.62. The number of hydrogen-bond donors (Lipinski definition) is 4. The Hall–Kier alpha value is -1.97. The van der Waals surface area contributed by atoms with Gasteiger partial charge in [-0.1, -0.05) is 59.0 Å². The van der Waals surface area contributed by atoms with Crippen molar-refractivity contribution < 1.29 is 10.2 Å². The number of fused-ring (bicyclic) bond motifs is 6. The molecule has 27 heavy (non-hydrogen) atoms. The van der Waals surface area contributed by atoms with Crippen LogP contribution in [0.4, 0.5) is 11.4 Å². The number of nitrogens with one attached hydrogen (secondary N) is 2. The van der Waals surface area contributed by atoms with Crippen LogP contribution < -0.4 is 9.80 Å². The monoisotopic (exact) mass is 472 g/mol. The Morgan fingerprint density at radius 2 is 1.56 bits per heavy atom. The predicted molar refractivity (Wildman–Crippen MR) is 111 cm³/mol. The molecule has 0 aliphatic carbocycles. The quantitative estimate of drug-likeness (QED) is 0.350. The second-order valence-corrected chi connectivity index (χ2v) is 9.45. The van der Waals surface area contributed by atoms with Gasteiger partial charge in [-0.15, -0.1) is 0 Å². The lowest BCUT2D eigenvalue weighted by molar-refractivity contribution is 0.128. The lowest BCUT2D eigenvalue weighted by Gasteiger charge is -2.55. The summed E-state index contributed by atoms with van der Waals surface area (Å²) in [4.78, 5) is 3.78. The first kappa shape index (κ1) is 16.0. The number of alkyl halides is 1. The molecular formula is C20H17IN4O2. The Morgan fingerprint density at radius 1 is 0.889 bits per heavy atom. The van der Waals surface area contributed by atoms with Gasteiger partial charge in [-0.3, -0.25) is 10.8 Å². The number of piperidine rings is 2. The predicted octanol–water partition coefficient (Wildman–Crippen LogP) is 2.18. The number of anilines is 2. The average molecular weight is 472 g/mol. The lowest BCUT2D eigenvalue weighted by Crippen LogP contribution is -2.73. The van der Waals surface area contributed by atoms with Crippen LogP contribution >= 0.6 is 22.6 Å². The van der Waals surface area contributed by atoms with E-state index in [1.807, 2.05) is 58.3 Å². The molecule has 0 saturated carbocycles.